The van der Waals surface area contributed by atoms with Gasteiger partial charge in [0.15, 0.2) is 0 Å². The van der Waals surface area contributed by atoms with Gasteiger partial charge < -0.3 is 10.4 Å². The van der Waals surface area contributed by atoms with Gasteiger partial charge in [-0.15, -0.1) is 0 Å². The SMILES string of the molecule is CC(CO)(CC1CC1)Nc1ccccc1. The Hall–Kier alpha value is -1.02. The predicted octanol–water partition coefficient (Wildman–Crippen LogP) is 2.65. The van der Waals surface area contributed by atoms with Crippen LogP contribution in [-0.2, 0) is 0 Å². The molecule has 82 valence electrons. The number of aliphatic hydroxyl groups excluding tert-OH is 1. The van der Waals surface area contributed by atoms with Gasteiger partial charge in [-0.25, -0.2) is 0 Å². The zero-order valence-corrected chi connectivity index (χ0v) is 9.24. The molecule has 1 aliphatic carbocycles. The van der Waals surface area contributed by atoms with Crippen molar-refractivity contribution in [3.63, 3.8) is 0 Å². The molecular weight excluding hydrogens is 186 g/mol. The lowest BCUT2D eigenvalue weighted by Crippen LogP contribution is -2.39. The molecule has 1 aromatic carbocycles. The van der Waals surface area contributed by atoms with E-state index in [1.54, 1.807) is 0 Å². The van der Waals surface area contributed by atoms with Crippen molar-refractivity contribution in [3.05, 3.63) is 30.3 Å². The molecule has 15 heavy (non-hydrogen) atoms. The van der Waals surface area contributed by atoms with Crippen molar-refractivity contribution in [3.8, 4) is 0 Å². The number of para-hydroxylation sites is 1. The molecule has 0 bridgehead atoms. The quantitative estimate of drug-likeness (QED) is 0.774. The second-order valence-corrected chi connectivity index (χ2v) is 4.86. The Morgan fingerprint density at radius 3 is 2.53 bits per heavy atom. The first-order valence-corrected chi connectivity index (χ1v) is 5.66. The lowest BCUT2D eigenvalue weighted by Gasteiger charge is -2.30. The summed E-state index contributed by atoms with van der Waals surface area (Å²) in [5, 5.41) is 12.9. The van der Waals surface area contributed by atoms with Crippen molar-refractivity contribution < 1.29 is 5.11 Å². The maximum Gasteiger partial charge on any atom is 0.0658 e. The van der Waals surface area contributed by atoms with E-state index in [1.807, 2.05) is 30.3 Å². The first kappa shape index (κ1) is 10.5. The van der Waals surface area contributed by atoms with Crippen LogP contribution in [0.5, 0.6) is 0 Å². The summed E-state index contributed by atoms with van der Waals surface area (Å²) in [6, 6.07) is 10.1. The highest BCUT2D eigenvalue weighted by atomic mass is 16.3. The van der Waals surface area contributed by atoms with E-state index < -0.39 is 0 Å². The molecule has 0 spiro atoms. The highest BCUT2D eigenvalue weighted by molar-refractivity contribution is 5.45. The van der Waals surface area contributed by atoms with Crippen molar-refractivity contribution >= 4 is 5.69 Å². The minimum Gasteiger partial charge on any atom is -0.394 e. The summed E-state index contributed by atoms with van der Waals surface area (Å²) in [4.78, 5) is 0. The highest BCUT2D eigenvalue weighted by Crippen LogP contribution is 2.37. The maximum atomic E-state index is 9.46. The fraction of sp³-hybridized carbons (Fsp3) is 0.538. The van der Waals surface area contributed by atoms with Crippen LogP contribution in [0.3, 0.4) is 0 Å². The van der Waals surface area contributed by atoms with E-state index in [4.69, 9.17) is 0 Å². The molecule has 0 heterocycles. The van der Waals surface area contributed by atoms with Crippen molar-refractivity contribution in [2.24, 2.45) is 5.92 Å². The van der Waals surface area contributed by atoms with Gasteiger partial charge in [-0.2, -0.15) is 0 Å². The summed E-state index contributed by atoms with van der Waals surface area (Å²) in [6.45, 7) is 2.29. The Bertz CT molecular complexity index is 308. The molecule has 1 aliphatic rings. The fourth-order valence-corrected chi connectivity index (χ4v) is 1.98. The van der Waals surface area contributed by atoms with Gasteiger partial charge >= 0.3 is 0 Å². The van der Waals surface area contributed by atoms with Gasteiger partial charge in [0.05, 0.1) is 12.1 Å². The molecule has 1 atom stereocenters. The summed E-state index contributed by atoms with van der Waals surface area (Å²) in [6.07, 6.45) is 3.72. The topological polar surface area (TPSA) is 32.3 Å². The maximum absolute atomic E-state index is 9.46. The minimum absolute atomic E-state index is 0.164. The van der Waals surface area contributed by atoms with Gasteiger partial charge in [-0.05, 0) is 31.4 Å². The van der Waals surface area contributed by atoms with Gasteiger partial charge in [0.1, 0.15) is 0 Å². The number of benzene rings is 1. The zero-order chi connectivity index (χ0) is 10.7. The summed E-state index contributed by atoms with van der Waals surface area (Å²) < 4.78 is 0. The molecule has 1 saturated carbocycles. The molecule has 2 N–H and O–H groups in total. The number of aliphatic hydroxyl groups is 1. The Balaban J connectivity index is 2.00. The Kier molecular flexibility index (Phi) is 2.96. The Morgan fingerprint density at radius 2 is 2.00 bits per heavy atom. The van der Waals surface area contributed by atoms with Gasteiger partial charge in [-0.1, -0.05) is 31.0 Å². The third kappa shape index (κ3) is 2.96. The second-order valence-electron chi connectivity index (χ2n) is 4.86. The molecule has 1 unspecified atom stereocenters. The minimum atomic E-state index is -0.164. The van der Waals surface area contributed by atoms with Crippen LogP contribution in [0.2, 0.25) is 0 Å². The standard InChI is InChI=1S/C13H19NO/c1-13(10-15,9-11-7-8-11)14-12-5-3-2-4-6-12/h2-6,11,14-15H,7-10H2,1H3. The number of anilines is 1. The average molecular weight is 205 g/mol. The normalized spacial score (nSPS) is 19.6. The second kappa shape index (κ2) is 4.23. The summed E-state index contributed by atoms with van der Waals surface area (Å²) in [5.41, 5.74) is 0.928. The largest absolute Gasteiger partial charge is 0.394 e. The Labute approximate surface area is 91.3 Å². The third-order valence-corrected chi connectivity index (χ3v) is 3.00. The van der Waals surface area contributed by atoms with Crippen LogP contribution < -0.4 is 5.32 Å². The molecule has 1 fully saturated rings. The van der Waals surface area contributed by atoms with E-state index in [9.17, 15) is 5.11 Å². The van der Waals surface area contributed by atoms with E-state index in [2.05, 4.69) is 12.2 Å². The average Bonchev–Trinajstić information content (AvgIpc) is 3.03. The fourth-order valence-electron chi connectivity index (χ4n) is 1.98. The van der Waals surface area contributed by atoms with Crippen LogP contribution >= 0.6 is 0 Å². The molecule has 0 aromatic heterocycles. The van der Waals surface area contributed by atoms with E-state index in [0.717, 1.165) is 18.0 Å². The molecular formula is C13H19NO. The molecule has 2 heteroatoms. The van der Waals surface area contributed by atoms with Gasteiger partial charge in [0.25, 0.3) is 0 Å². The molecule has 0 saturated heterocycles. The van der Waals surface area contributed by atoms with E-state index in [0.29, 0.717) is 0 Å². The van der Waals surface area contributed by atoms with Crippen LogP contribution in [-0.4, -0.2) is 17.3 Å². The predicted molar refractivity (Wildman–Crippen MR) is 62.9 cm³/mol. The van der Waals surface area contributed by atoms with Crippen LogP contribution in [0.15, 0.2) is 30.3 Å². The van der Waals surface area contributed by atoms with E-state index in [-0.39, 0.29) is 12.1 Å². The summed E-state index contributed by atoms with van der Waals surface area (Å²) >= 11 is 0. The van der Waals surface area contributed by atoms with Crippen LogP contribution in [0, 0.1) is 5.92 Å². The molecule has 2 nitrogen and oxygen atoms in total. The lowest BCUT2D eigenvalue weighted by atomic mass is 9.95. The van der Waals surface area contributed by atoms with Gasteiger partial charge in [0.2, 0.25) is 0 Å². The van der Waals surface area contributed by atoms with E-state index >= 15 is 0 Å². The number of hydrogen-bond acceptors (Lipinski definition) is 2. The monoisotopic (exact) mass is 205 g/mol. The van der Waals surface area contributed by atoms with Crippen molar-refractivity contribution in [2.45, 2.75) is 31.7 Å². The van der Waals surface area contributed by atoms with Gasteiger partial charge in [0, 0.05) is 5.69 Å². The van der Waals surface area contributed by atoms with Gasteiger partial charge in [-0.3, -0.25) is 0 Å². The first-order chi connectivity index (χ1) is 7.22. The van der Waals surface area contributed by atoms with Crippen LogP contribution in [0.4, 0.5) is 5.69 Å². The number of rotatable bonds is 5. The molecule has 1 aromatic rings. The van der Waals surface area contributed by atoms with E-state index in [1.165, 1.54) is 12.8 Å². The Morgan fingerprint density at radius 1 is 1.33 bits per heavy atom. The number of hydrogen-bond donors (Lipinski definition) is 2. The molecule has 0 aliphatic heterocycles. The molecule has 0 amide bonds. The summed E-state index contributed by atoms with van der Waals surface area (Å²) in [7, 11) is 0. The van der Waals surface area contributed by atoms with Crippen molar-refractivity contribution in [1.29, 1.82) is 0 Å². The van der Waals surface area contributed by atoms with Crippen LogP contribution in [0.1, 0.15) is 26.2 Å². The van der Waals surface area contributed by atoms with Crippen molar-refractivity contribution in [1.82, 2.24) is 0 Å². The smallest absolute Gasteiger partial charge is 0.0658 e. The van der Waals surface area contributed by atoms with Crippen molar-refractivity contribution in [2.75, 3.05) is 11.9 Å². The lowest BCUT2D eigenvalue weighted by molar-refractivity contribution is 0.209. The summed E-state index contributed by atoms with van der Waals surface area (Å²) in [5.74, 6) is 0.818. The zero-order valence-electron chi connectivity index (χ0n) is 9.24. The first-order valence-electron chi connectivity index (χ1n) is 5.66. The highest BCUT2D eigenvalue weighted by Gasteiger charge is 2.32. The molecule has 2 rings (SSSR count). The third-order valence-electron chi connectivity index (χ3n) is 3.00. The molecule has 0 radical (unpaired) electrons. The van der Waals surface area contributed by atoms with Crippen LogP contribution in [0.25, 0.3) is 0 Å². The number of nitrogens with one attached hydrogen (secondary N) is 1.